The minimum Gasteiger partial charge on any atom is -0.462 e. The van der Waals surface area contributed by atoms with Gasteiger partial charge in [0, 0.05) is 11.5 Å². The van der Waals surface area contributed by atoms with Gasteiger partial charge in [-0.25, -0.2) is 4.79 Å². The predicted octanol–water partition coefficient (Wildman–Crippen LogP) is 3.71. The third-order valence-corrected chi connectivity index (χ3v) is 3.60. The molecule has 0 unspecified atom stereocenters. The third-order valence-electron chi connectivity index (χ3n) is 3.60. The van der Waals surface area contributed by atoms with Crippen LogP contribution in [0.1, 0.15) is 52.4 Å². The third kappa shape index (κ3) is 3.99. The fraction of sp³-hybridized carbons (Fsp3) is 0.786. The van der Waals surface area contributed by atoms with Crippen LogP contribution < -0.4 is 0 Å². The van der Waals surface area contributed by atoms with Gasteiger partial charge in [0.1, 0.15) is 0 Å². The van der Waals surface area contributed by atoms with Gasteiger partial charge in [-0.2, -0.15) is 0 Å². The van der Waals surface area contributed by atoms with Crippen molar-refractivity contribution in [3.63, 3.8) is 0 Å². The van der Waals surface area contributed by atoms with Crippen molar-refractivity contribution in [1.29, 1.82) is 0 Å². The van der Waals surface area contributed by atoms with Crippen molar-refractivity contribution >= 4 is 5.97 Å². The van der Waals surface area contributed by atoms with Crippen LogP contribution in [0.3, 0.4) is 0 Å². The number of ether oxygens (including phenoxy) is 1. The van der Waals surface area contributed by atoms with Crippen LogP contribution in [0.2, 0.25) is 0 Å². The molecule has 92 valence electrons. The highest BCUT2D eigenvalue weighted by Crippen LogP contribution is 2.42. The van der Waals surface area contributed by atoms with Crippen LogP contribution in [0, 0.1) is 11.3 Å². The van der Waals surface area contributed by atoms with Crippen LogP contribution in [-0.2, 0) is 9.53 Å². The second-order valence-electron chi connectivity index (χ2n) is 5.45. The maximum absolute atomic E-state index is 11.1. The van der Waals surface area contributed by atoms with E-state index in [2.05, 4.69) is 20.4 Å². The minimum absolute atomic E-state index is 0.267. The molecule has 0 atom stereocenters. The SMILES string of the molecule is C=CC(=O)OCC1(CCC(C)C)CCCC1. The Bertz CT molecular complexity index is 237. The first-order valence-electron chi connectivity index (χ1n) is 6.37. The lowest BCUT2D eigenvalue weighted by Gasteiger charge is -2.29. The first-order chi connectivity index (χ1) is 7.58. The van der Waals surface area contributed by atoms with Gasteiger partial charge in [-0.05, 0) is 25.2 Å². The Morgan fingerprint density at radius 2 is 2.06 bits per heavy atom. The standard InChI is InChI=1S/C14H24O2/c1-4-13(15)16-11-14(8-5-6-9-14)10-7-12(2)3/h4,12H,1,5-11H2,2-3H3. The molecule has 2 nitrogen and oxygen atoms in total. The maximum atomic E-state index is 11.1. The van der Waals surface area contributed by atoms with E-state index in [1.54, 1.807) is 0 Å². The van der Waals surface area contributed by atoms with Crippen molar-refractivity contribution in [1.82, 2.24) is 0 Å². The molecule has 0 saturated heterocycles. The molecule has 0 heterocycles. The first-order valence-corrected chi connectivity index (χ1v) is 6.37. The van der Waals surface area contributed by atoms with Gasteiger partial charge in [0.15, 0.2) is 0 Å². The summed E-state index contributed by atoms with van der Waals surface area (Å²) in [4.78, 5) is 11.1. The summed E-state index contributed by atoms with van der Waals surface area (Å²) in [5.74, 6) is 0.448. The van der Waals surface area contributed by atoms with Crippen LogP contribution in [0.5, 0.6) is 0 Å². The number of hydrogen-bond acceptors (Lipinski definition) is 2. The van der Waals surface area contributed by atoms with E-state index in [0.717, 1.165) is 5.92 Å². The van der Waals surface area contributed by atoms with Crippen LogP contribution in [0.4, 0.5) is 0 Å². The molecule has 0 spiro atoms. The number of hydrogen-bond donors (Lipinski definition) is 0. The Kier molecular flexibility index (Phi) is 5.04. The van der Waals surface area contributed by atoms with E-state index in [1.165, 1.54) is 44.6 Å². The Balaban J connectivity index is 2.45. The number of esters is 1. The molecular weight excluding hydrogens is 200 g/mol. The first kappa shape index (κ1) is 13.3. The normalized spacial score (nSPS) is 18.7. The van der Waals surface area contributed by atoms with E-state index in [9.17, 15) is 4.79 Å². The highest BCUT2D eigenvalue weighted by molar-refractivity contribution is 5.81. The minimum atomic E-state index is -0.282. The van der Waals surface area contributed by atoms with E-state index in [0.29, 0.717) is 6.61 Å². The molecule has 1 rings (SSSR count). The second kappa shape index (κ2) is 6.07. The van der Waals surface area contributed by atoms with Crippen molar-refractivity contribution in [2.75, 3.05) is 6.61 Å². The highest BCUT2D eigenvalue weighted by Gasteiger charge is 2.34. The number of carbonyl (C=O) groups excluding carboxylic acids is 1. The van der Waals surface area contributed by atoms with E-state index >= 15 is 0 Å². The summed E-state index contributed by atoms with van der Waals surface area (Å²) >= 11 is 0. The zero-order valence-corrected chi connectivity index (χ0v) is 10.6. The lowest BCUT2D eigenvalue weighted by Crippen LogP contribution is -2.25. The summed E-state index contributed by atoms with van der Waals surface area (Å²) in [6.07, 6.45) is 8.66. The molecule has 16 heavy (non-hydrogen) atoms. The Labute approximate surface area is 99.1 Å². The summed E-state index contributed by atoms with van der Waals surface area (Å²) in [6.45, 7) is 8.51. The quantitative estimate of drug-likeness (QED) is 0.508. The maximum Gasteiger partial charge on any atom is 0.330 e. The highest BCUT2D eigenvalue weighted by atomic mass is 16.5. The van der Waals surface area contributed by atoms with Crippen molar-refractivity contribution in [2.24, 2.45) is 11.3 Å². The average Bonchev–Trinajstić information content (AvgIpc) is 2.72. The number of carbonyl (C=O) groups is 1. The Morgan fingerprint density at radius 3 is 2.56 bits per heavy atom. The van der Waals surface area contributed by atoms with E-state index < -0.39 is 0 Å². The molecular formula is C14H24O2. The summed E-state index contributed by atoms with van der Waals surface area (Å²) in [7, 11) is 0. The molecule has 2 heteroatoms. The molecule has 0 radical (unpaired) electrons. The van der Waals surface area contributed by atoms with Crippen LogP contribution in [0.25, 0.3) is 0 Å². The van der Waals surface area contributed by atoms with E-state index in [1.807, 2.05) is 0 Å². The monoisotopic (exact) mass is 224 g/mol. The van der Waals surface area contributed by atoms with Gasteiger partial charge >= 0.3 is 5.97 Å². The van der Waals surface area contributed by atoms with Crippen LogP contribution in [-0.4, -0.2) is 12.6 Å². The Morgan fingerprint density at radius 1 is 1.44 bits per heavy atom. The summed E-state index contributed by atoms with van der Waals surface area (Å²) in [6, 6.07) is 0. The Hall–Kier alpha value is -0.790. The van der Waals surface area contributed by atoms with Crippen molar-refractivity contribution in [3.05, 3.63) is 12.7 Å². The van der Waals surface area contributed by atoms with Gasteiger partial charge in [0.2, 0.25) is 0 Å². The molecule has 1 fully saturated rings. The molecule has 0 bridgehead atoms. The summed E-state index contributed by atoms with van der Waals surface area (Å²) < 4.78 is 5.25. The zero-order chi connectivity index (χ0) is 12.0. The molecule has 0 aromatic carbocycles. The number of rotatable bonds is 6. The van der Waals surface area contributed by atoms with E-state index in [-0.39, 0.29) is 11.4 Å². The molecule has 0 aromatic heterocycles. The molecule has 0 aromatic rings. The van der Waals surface area contributed by atoms with Gasteiger partial charge in [0.25, 0.3) is 0 Å². The predicted molar refractivity (Wildman–Crippen MR) is 66.1 cm³/mol. The summed E-state index contributed by atoms with van der Waals surface area (Å²) in [5, 5.41) is 0. The van der Waals surface area contributed by atoms with Gasteiger partial charge in [-0.15, -0.1) is 0 Å². The van der Waals surface area contributed by atoms with Crippen LogP contribution >= 0.6 is 0 Å². The molecule has 0 N–H and O–H groups in total. The van der Waals surface area contributed by atoms with Gasteiger partial charge < -0.3 is 4.74 Å². The second-order valence-corrected chi connectivity index (χ2v) is 5.45. The largest absolute Gasteiger partial charge is 0.462 e. The van der Waals surface area contributed by atoms with Crippen molar-refractivity contribution in [3.8, 4) is 0 Å². The van der Waals surface area contributed by atoms with Crippen LogP contribution in [0.15, 0.2) is 12.7 Å². The molecule has 1 aliphatic carbocycles. The van der Waals surface area contributed by atoms with E-state index in [4.69, 9.17) is 4.74 Å². The average molecular weight is 224 g/mol. The smallest absolute Gasteiger partial charge is 0.330 e. The van der Waals surface area contributed by atoms with Gasteiger partial charge in [0.05, 0.1) is 6.61 Å². The fourth-order valence-electron chi connectivity index (χ4n) is 2.47. The van der Waals surface area contributed by atoms with Crippen molar-refractivity contribution in [2.45, 2.75) is 52.4 Å². The lowest BCUT2D eigenvalue weighted by atomic mass is 9.80. The summed E-state index contributed by atoms with van der Waals surface area (Å²) in [5.41, 5.74) is 0.267. The fourth-order valence-corrected chi connectivity index (χ4v) is 2.47. The zero-order valence-electron chi connectivity index (χ0n) is 10.6. The van der Waals surface area contributed by atoms with Gasteiger partial charge in [-0.1, -0.05) is 39.7 Å². The molecule has 0 amide bonds. The molecule has 0 aliphatic heterocycles. The molecule has 1 aliphatic rings. The molecule has 1 saturated carbocycles. The lowest BCUT2D eigenvalue weighted by molar-refractivity contribution is -0.141. The topological polar surface area (TPSA) is 26.3 Å². The van der Waals surface area contributed by atoms with Crippen molar-refractivity contribution < 1.29 is 9.53 Å². The van der Waals surface area contributed by atoms with Gasteiger partial charge in [-0.3, -0.25) is 0 Å².